The number of nitrogens with one attached hydrogen (secondary N) is 2. The van der Waals surface area contributed by atoms with E-state index < -0.39 is 14.2 Å². The number of hydrogen-bond donors (Lipinski definition) is 4. The van der Waals surface area contributed by atoms with E-state index in [1.807, 2.05) is 0 Å². The first-order valence-electron chi connectivity index (χ1n) is 7.90. The fraction of sp³-hybridized carbons (Fsp3) is 1.00. The van der Waals surface area contributed by atoms with Crippen LogP contribution in [0.2, 0.25) is 0 Å². The van der Waals surface area contributed by atoms with E-state index in [0.29, 0.717) is 0 Å². The van der Waals surface area contributed by atoms with E-state index in [1.165, 1.54) is 25.7 Å². The van der Waals surface area contributed by atoms with E-state index in [0.717, 1.165) is 38.5 Å². The summed E-state index contributed by atoms with van der Waals surface area (Å²) in [6.07, 6.45) is 11.2. The van der Waals surface area contributed by atoms with E-state index >= 15 is 0 Å². The maximum atomic E-state index is 12.4. The first kappa shape index (κ1) is 18.0. The summed E-state index contributed by atoms with van der Waals surface area (Å²) in [5.74, 6) is 0. The Morgan fingerprint density at radius 1 is 0.857 bits per heavy atom. The van der Waals surface area contributed by atoms with Crippen LogP contribution in [0.25, 0.3) is 0 Å². The molecule has 0 spiro atoms. The molecule has 0 aromatic heterocycles. The fourth-order valence-corrected chi connectivity index (χ4v) is 7.89. The lowest BCUT2D eigenvalue weighted by atomic mass is 9.96. The summed E-state index contributed by atoms with van der Waals surface area (Å²) in [6, 6.07) is 0.420. The van der Waals surface area contributed by atoms with Crippen LogP contribution in [-0.2, 0) is 20.7 Å². The van der Waals surface area contributed by atoms with Crippen molar-refractivity contribution in [2.75, 3.05) is 0 Å². The minimum atomic E-state index is -3.44. The maximum Gasteiger partial charge on any atom is 0.344 e. The highest BCUT2D eigenvalue weighted by molar-refractivity contribution is 8.11. The average Bonchev–Trinajstić information content (AvgIpc) is 2.38. The van der Waals surface area contributed by atoms with Crippen molar-refractivity contribution in [1.82, 2.24) is 10.2 Å². The van der Waals surface area contributed by atoms with Crippen molar-refractivity contribution in [2.45, 2.75) is 76.3 Å². The van der Waals surface area contributed by atoms with Crippen molar-refractivity contribution in [3.8, 4) is 0 Å². The molecule has 0 bridgehead atoms. The largest absolute Gasteiger partial charge is 0.344 e. The van der Waals surface area contributed by atoms with E-state index in [9.17, 15) is 4.57 Å². The molecule has 2 rings (SSSR count). The molecular weight excluding hydrogens is 326 g/mol. The van der Waals surface area contributed by atoms with E-state index in [1.54, 1.807) is 0 Å². The topological polar surface area (TPSA) is 102 Å². The second kappa shape index (κ2) is 7.98. The number of hydrogen-bond acceptors (Lipinski definition) is 3. The summed E-state index contributed by atoms with van der Waals surface area (Å²) < 4.78 is 17.9. The van der Waals surface area contributed by atoms with Gasteiger partial charge in [-0.3, -0.25) is 15.2 Å². The predicted octanol–water partition coefficient (Wildman–Crippen LogP) is 3.10. The smallest absolute Gasteiger partial charge is 0.269 e. The van der Waals surface area contributed by atoms with Crippen LogP contribution >= 0.6 is 14.2 Å². The lowest BCUT2D eigenvalue weighted by Crippen LogP contribution is -2.35. The Morgan fingerprint density at radius 2 is 1.29 bits per heavy atom. The summed E-state index contributed by atoms with van der Waals surface area (Å²) in [4.78, 5) is 0. The van der Waals surface area contributed by atoms with Crippen LogP contribution < -0.4 is 21.2 Å². The minimum Gasteiger partial charge on any atom is -0.269 e. The van der Waals surface area contributed by atoms with E-state index in [2.05, 4.69) is 10.2 Å². The molecule has 0 saturated heterocycles. The van der Waals surface area contributed by atoms with Gasteiger partial charge in [0, 0.05) is 12.1 Å². The summed E-state index contributed by atoms with van der Waals surface area (Å²) in [5, 5.41) is 6.12. The van der Waals surface area contributed by atoms with Gasteiger partial charge in [0.1, 0.15) is 0 Å². The zero-order chi connectivity index (χ0) is 15.3. The molecule has 2 unspecified atom stereocenters. The van der Waals surface area contributed by atoms with Crippen LogP contribution in [0.3, 0.4) is 0 Å². The van der Waals surface area contributed by atoms with Crippen LogP contribution in [0.15, 0.2) is 0 Å². The summed E-state index contributed by atoms with van der Waals surface area (Å²) in [6.45, 7) is -2.82. The van der Waals surface area contributed by atoms with Crippen LogP contribution in [0.5, 0.6) is 0 Å². The molecule has 2 atom stereocenters. The van der Waals surface area contributed by atoms with E-state index in [4.69, 9.17) is 27.1 Å². The Morgan fingerprint density at radius 3 is 1.76 bits per heavy atom. The molecule has 0 amide bonds. The standard InChI is InChI=1S/C12H28N4O2P2S/c13-19(17,15-11-7-3-1-4-8-11)18-20(14,21)16-12-9-5-2-6-10-12/h11-12H,1-10H2,(H3,13,15,17)(H3,14,16,21). The van der Waals surface area contributed by atoms with Crippen LogP contribution in [0, 0.1) is 0 Å². The normalized spacial score (nSPS) is 27.9. The quantitative estimate of drug-likeness (QED) is 0.544. The van der Waals surface area contributed by atoms with Gasteiger partial charge in [0.05, 0.1) is 0 Å². The lowest BCUT2D eigenvalue weighted by molar-refractivity contribution is 0.387. The molecule has 6 N–H and O–H groups in total. The Balaban J connectivity index is 1.84. The fourth-order valence-electron chi connectivity index (χ4n) is 3.20. The summed E-state index contributed by atoms with van der Waals surface area (Å²) in [7, 11) is -3.44. The first-order chi connectivity index (χ1) is 9.86. The summed E-state index contributed by atoms with van der Waals surface area (Å²) in [5.41, 5.74) is 11.8. The Kier molecular flexibility index (Phi) is 6.85. The molecule has 0 radical (unpaired) electrons. The molecule has 9 heteroatoms. The van der Waals surface area contributed by atoms with Crippen molar-refractivity contribution >= 4 is 26.0 Å². The van der Waals surface area contributed by atoms with Gasteiger partial charge in [0.25, 0.3) is 0 Å². The second-order valence-electron chi connectivity index (χ2n) is 6.20. The number of nitrogens with two attached hydrogens (primary N) is 2. The Labute approximate surface area is 132 Å². The molecule has 0 heterocycles. The van der Waals surface area contributed by atoms with Gasteiger partial charge in [-0.1, -0.05) is 38.5 Å². The molecule has 2 aliphatic carbocycles. The zero-order valence-corrected chi connectivity index (χ0v) is 15.1. The molecule has 0 aromatic carbocycles. The first-order valence-corrected chi connectivity index (χ1v) is 12.4. The summed E-state index contributed by atoms with van der Waals surface area (Å²) >= 11 is 5.30. The third-order valence-corrected chi connectivity index (χ3v) is 8.49. The molecule has 2 saturated carbocycles. The van der Waals surface area contributed by atoms with Crippen molar-refractivity contribution < 1.29 is 8.88 Å². The van der Waals surface area contributed by atoms with Gasteiger partial charge in [0.2, 0.25) is 6.57 Å². The lowest BCUT2D eigenvalue weighted by Gasteiger charge is -2.31. The molecule has 0 aliphatic heterocycles. The van der Waals surface area contributed by atoms with Crippen molar-refractivity contribution in [3.63, 3.8) is 0 Å². The SMILES string of the molecule is NP(=O)(NC1CCCCC1)OP(N)(=S)NC1CCCCC1. The maximum absolute atomic E-state index is 12.4. The van der Waals surface area contributed by atoms with Crippen LogP contribution in [0.4, 0.5) is 0 Å². The van der Waals surface area contributed by atoms with Gasteiger partial charge in [-0.25, -0.2) is 14.9 Å². The molecule has 124 valence electrons. The highest BCUT2D eigenvalue weighted by Gasteiger charge is 2.30. The van der Waals surface area contributed by atoms with Gasteiger partial charge in [0.15, 0.2) is 0 Å². The molecular formula is C12H28N4O2P2S. The third kappa shape index (κ3) is 6.76. The molecule has 6 nitrogen and oxygen atoms in total. The van der Waals surface area contributed by atoms with Gasteiger partial charge >= 0.3 is 7.67 Å². The number of rotatable bonds is 6. The van der Waals surface area contributed by atoms with Gasteiger partial charge in [-0.2, -0.15) is 0 Å². The van der Waals surface area contributed by atoms with Crippen molar-refractivity contribution in [1.29, 1.82) is 0 Å². The third-order valence-electron chi connectivity index (χ3n) is 4.18. The Hall–Kier alpha value is 0.680. The van der Waals surface area contributed by atoms with Gasteiger partial charge in [-0.05, 0) is 37.5 Å². The van der Waals surface area contributed by atoms with Crippen molar-refractivity contribution in [3.05, 3.63) is 0 Å². The Bertz CT molecular complexity index is 387. The minimum absolute atomic E-state index is 0.152. The monoisotopic (exact) mass is 354 g/mol. The second-order valence-corrected chi connectivity index (χ2v) is 11.4. The highest BCUT2D eigenvalue weighted by Crippen LogP contribution is 2.51. The zero-order valence-electron chi connectivity index (χ0n) is 12.5. The van der Waals surface area contributed by atoms with E-state index in [-0.39, 0.29) is 12.1 Å². The van der Waals surface area contributed by atoms with Gasteiger partial charge < -0.3 is 0 Å². The van der Waals surface area contributed by atoms with Gasteiger partial charge in [-0.15, -0.1) is 0 Å². The van der Waals surface area contributed by atoms with Crippen LogP contribution in [-0.4, -0.2) is 12.1 Å². The molecule has 2 aliphatic rings. The molecule has 21 heavy (non-hydrogen) atoms. The average molecular weight is 354 g/mol. The molecule has 2 fully saturated rings. The molecule has 0 aromatic rings. The predicted molar refractivity (Wildman–Crippen MR) is 91.4 cm³/mol. The van der Waals surface area contributed by atoms with Crippen molar-refractivity contribution in [2.24, 2.45) is 11.0 Å². The van der Waals surface area contributed by atoms with Crippen LogP contribution in [0.1, 0.15) is 64.2 Å². The highest BCUT2D eigenvalue weighted by atomic mass is 32.5.